The van der Waals surface area contributed by atoms with Crippen LogP contribution in [0.5, 0.6) is 11.5 Å². The smallest absolute Gasteiger partial charge is 0.407 e. The molecule has 3 N–H and O–H groups in total. The van der Waals surface area contributed by atoms with E-state index in [1.807, 2.05) is 39.0 Å². The fourth-order valence-corrected chi connectivity index (χ4v) is 2.44. The standard InChI is InChI=1S/C19H30N4O4/c1-19(2,3)27-18(24)23-10-5-9-21-17(20-4)22-11-8-14-6-7-15-16(12-14)26-13-25-15/h6-7,12H,5,8-11,13H2,1-4H3,(H,23,24)(H2,20,21,22). The number of hydrogen-bond donors (Lipinski definition) is 3. The SMILES string of the molecule is CN=C(NCCCNC(=O)OC(C)(C)C)NCCc1ccc2c(c1)OCO2. The van der Waals surface area contributed by atoms with Gasteiger partial charge >= 0.3 is 6.09 Å². The van der Waals surface area contributed by atoms with Gasteiger partial charge in [-0.15, -0.1) is 0 Å². The Hall–Kier alpha value is -2.64. The molecule has 1 aromatic rings. The van der Waals surface area contributed by atoms with Crippen molar-refractivity contribution in [2.75, 3.05) is 33.5 Å². The summed E-state index contributed by atoms with van der Waals surface area (Å²) in [5, 5.41) is 9.23. The second-order valence-corrected chi connectivity index (χ2v) is 7.15. The summed E-state index contributed by atoms with van der Waals surface area (Å²) in [6, 6.07) is 5.97. The molecule has 0 saturated carbocycles. The third-order valence-electron chi connectivity index (χ3n) is 3.68. The van der Waals surface area contributed by atoms with Crippen LogP contribution < -0.4 is 25.4 Å². The maximum atomic E-state index is 11.6. The lowest BCUT2D eigenvalue weighted by Gasteiger charge is -2.19. The van der Waals surface area contributed by atoms with E-state index in [0.717, 1.165) is 36.8 Å². The second kappa shape index (κ2) is 9.89. The number of fused-ring (bicyclic) bond motifs is 1. The number of guanidine groups is 1. The molecule has 1 aliphatic rings. The van der Waals surface area contributed by atoms with Gasteiger partial charge in [0, 0.05) is 26.7 Å². The largest absolute Gasteiger partial charge is 0.454 e. The van der Waals surface area contributed by atoms with Gasteiger partial charge in [-0.1, -0.05) is 6.07 Å². The highest BCUT2D eigenvalue weighted by molar-refractivity contribution is 5.79. The molecule has 2 rings (SSSR count). The molecule has 150 valence electrons. The van der Waals surface area contributed by atoms with Crippen molar-refractivity contribution in [1.82, 2.24) is 16.0 Å². The number of alkyl carbamates (subject to hydrolysis) is 1. The molecule has 0 aliphatic carbocycles. The van der Waals surface area contributed by atoms with Crippen molar-refractivity contribution in [3.05, 3.63) is 23.8 Å². The van der Waals surface area contributed by atoms with Crippen LogP contribution in [0.3, 0.4) is 0 Å². The average Bonchev–Trinajstić information content (AvgIpc) is 3.06. The van der Waals surface area contributed by atoms with Crippen LogP contribution in [0.2, 0.25) is 0 Å². The first-order valence-electron chi connectivity index (χ1n) is 9.17. The van der Waals surface area contributed by atoms with Crippen molar-refractivity contribution in [2.45, 2.75) is 39.2 Å². The summed E-state index contributed by atoms with van der Waals surface area (Å²) < 4.78 is 15.9. The van der Waals surface area contributed by atoms with Crippen molar-refractivity contribution >= 4 is 12.1 Å². The van der Waals surface area contributed by atoms with Gasteiger partial charge in [0.05, 0.1) is 0 Å². The van der Waals surface area contributed by atoms with Crippen LogP contribution in [0.25, 0.3) is 0 Å². The van der Waals surface area contributed by atoms with Gasteiger partial charge in [0.2, 0.25) is 6.79 Å². The summed E-state index contributed by atoms with van der Waals surface area (Å²) in [4.78, 5) is 15.7. The van der Waals surface area contributed by atoms with Crippen molar-refractivity contribution in [2.24, 2.45) is 4.99 Å². The Balaban J connectivity index is 1.58. The van der Waals surface area contributed by atoms with Crippen molar-refractivity contribution in [3.63, 3.8) is 0 Å². The van der Waals surface area contributed by atoms with Crippen LogP contribution in [0.15, 0.2) is 23.2 Å². The molecule has 0 saturated heterocycles. The molecule has 1 heterocycles. The monoisotopic (exact) mass is 378 g/mol. The number of amides is 1. The molecular formula is C19H30N4O4. The lowest BCUT2D eigenvalue weighted by molar-refractivity contribution is 0.0527. The zero-order chi connectivity index (χ0) is 19.7. The number of benzene rings is 1. The normalized spacial score (nSPS) is 13.3. The van der Waals surface area contributed by atoms with Gasteiger partial charge in [-0.2, -0.15) is 0 Å². The summed E-state index contributed by atoms with van der Waals surface area (Å²) >= 11 is 0. The van der Waals surface area contributed by atoms with Gasteiger partial charge in [-0.3, -0.25) is 4.99 Å². The van der Waals surface area contributed by atoms with E-state index >= 15 is 0 Å². The Labute approximate surface area is 160 Å². The number of nitrogens with zero attached hydrogens (tertiary/aromatic N) is 1. The topological polar surface area (TPSA) is 93.2 Å². The molecule has 0 spiro atoms. The maximum absolute atomic E-state index is 11.6. The minimum Gasteiger partial charge on any atom is -0.454 e. The van der Waals surface area contributed by atoms with Gasteiger partial charge in [0.25, 0.3) is 0 Å². The number of ether oxygens (including phenoxy) is 3. The molecule has 27 heavy (non-hydrogen) atoms. The molecule has 1 aliphatic heterocycles. The van der Waals surface area contributed by atoms with E-state index in [1.165, 1.54) is 5.56 Å². The summed E-state index contributed by atoms with van der Waals surface area (Å²) in [6.07, 6.45) is 1.22. The van der Waals surface area contributed by atoms with E-state index in [9.17, 15) is 4.79 Å². The Morgan fingerprint density at radius 2 is 1.81 bits per heavy atom. The quantitative estimate of drug-likeness (QED) is 0.382. The van der Waals surface area contributed by atoms with Gasteiger partial charge in [-0.25, -0.2) is 4.79 Å². The van der Waals surface area contributed by atoms with E-state index in [4.69, 9.17) is 14.2 Å². The van der Waals surface area contributed by atoms with Gasteiger partial charge in [0.1, 0.15) is 5.60 Å². The first-order chi connectivity index (χ1) is 12.9. The highest BCUT2D eigenvalue weighted by Gasteiger charge is 2.15. The fourth-order valence-electron chi connectivity index (χ4n) is 2.44. The van der Waals surface area contributed by atoms with Crippen molar-refractivity contribution < 1.29 is 19.0 Å². The predicted molar refractivity (Wildman–Crippen MR) is 104 cm³/mol. The molecule has 1 aromatic carbocycles. The zero-order valence-electron chi connectivity index (χ0n) is 16.6. The van der Waals surface area contributed by atoms with Crippen LogP contribution in [0.4, 0.5) is 4.79 Å². The average molecular weight is 378 g/mol. The van der Waals surface area contributed by atoms with Crippen molar-refractivity contribution in [1.29, 1.82) is 0 Å². The Morgan fingerprint density at radius 3 is 2.56 bits per heavy atom. The van der Waals surface area contributed by atoms with Crippen molar-refractivity contribution in [3.8, 4) is 11.5 Å². The summed E-state index contributed by atoms with van der Waals surface area (Å²) in [6.45, 7) is 7.79. The molecular weight excluding hydrogens is 348 g/mol. The van der Waals surface area contributed by atoms with Gasteiger partial charge in [0.15, 0.2) is 17.5 Å². The van der Waals surface area contributed by atoms with E-state index in [0.29, 0.717) is 13.1 Å². The molecule has 0 atom stereocenters. The fraction of sp³-hybridized carbons (Fsp3) is 0.579. The Morgan fingerprint density at radius 1 is 1.11 bits per heavy atom. The third-order valence-corrected chi connectivity index (χ3v) is 3.68. The van der Waals surface area contributed by atoms with E-state index in [-0.39, 0.29) is 6.79 Å². The second-order valence-electron chi connectivity index (χ2n) is 7.15. The van der Waals surface area contributed by atoms with Crippen LogP contribution in [0, 0.1) is 0 Å². The van der Waals surface area contributed by atoms with Crippen LogP contribution >= 0.6 is 0 Å². The van der Waals surface area contributed by atoms with Crippen LogP contribution in [-0.4, -0.2) is 51.1 Å². The van der Waals surface area contributed by atoms with E-state index in [1.54, 1.807) is 7.05 Å². The summed E-state index contributed by atoms with van der Waals surface area (Å²) in [7, 11) is 1.73. The zero-order valence-corrected chi connectivity index (χ0v) is 16.6. The minimum atomic E-state index is -0.480. The van der Waals surface area contributed by atoms with Gasteiger partial charge < -0.3 is 30.2 Å². The van der Waals surface area contributed by atoms with E-state index < -0.39 is 11.7 Å². The molecule has 0 radical (unpaired) electrons. The van der Waals surface area contributed by atoms with E-state index in [2.05, 4.69) is 20.9 Å². The first kappa shape index (κ1) is 20.7. The molecule has 0 bridgehead atoms. The molecule has 0 aromatic heterocycles. The minimum absolute atomic E-state index is 0.288. The predicted octanol–water partition coefficient (Wildman–Crippen LogP) is 2.04. The molecule has 8 heteroatoms. The number of rotatable bonds is 7. The highest BCUT2D eigenvalue weighted by Crippen LogP contribution is 2.32. The Kier molecular flexibility index (Phi) is 7.57. The first-order valence-corrected chi connectivity index (χ1v) is 9.17. The number of hydrogen-bond acceptors (Lipinski definition) is 5. The summed E-state index contributed by atoms with van der Waals surface area (Å²) in [5.41, 5.74) is 0.690. The number of aliphatic imine (C=N–C) groups is 1. The van der Waals surface area contributed by atoms with Crippen LogP contribution in [0.1, 0.15) is 32.8 Å². The van der Waals surface area contributed by atoms with Crippen LogP contribution in [-0.2, 0) is 11.2 Å². The molecule has 0 unspecified atom stereocenters. The maximum Gasteiger partial charge on any atom is 0.407 e. The summed E-state index contributed by atoms with van der Waals surface area (Å²) in [5.74, 6) is 2.32. The number of carbonyl (C=O) groups is 1. The molecule has 1 amide bonds. The molecule has 8 nitrogen and oxygen atoms in total. The number of carbonyl (C=O) groups excluding carboxylic acids is 1. The molecule has 0 fully saturated rings. The highest BCUT2D eigenvalue weighted by atomic mass is 16.7. The van der Waals surface area contributed by atoms with Gasteiger partial charge in [-0.05, 0) is 51.3 Å². The Bertz CT molecular complexity index is 656. The lowest BCUT2D eigenvalue weighted by Crippen LogP contribution is -2.40. The lowest BCUT2D eigenvalue weighted by atomic mass is 10.1. The number of nitrogens with one attached hydrogen (secondary N) is 3. The third kappa shape index (κ3) is 7.64.